The largest absolute Gasteiger partial charge is 0.352 e. The van der Waals surface area contributed by atoms with E-state index >= 15 is 0 Å². The molecule has 0 saturated heterocycles. The molecule has 76 valence electrons. The Morgan fingerprint density at radius 2 is 2.36 bits per heavy atom. The summed E-state index contributed by atoms with van der Waals surface area (Å²) in [7, 11) is 0. The van der Waals surface area contributed by atoms with E-state index in [0.29, 0.717) is 18.7 Å². The van der Waals surface area contributed by atoms with Crippen molar-refractivity contribution in [3.63, 3.8) is 0 Å². The molecule has 1 aromatic heterocycles. The lowest BCUT2D eigenvalue weighted by Gasteiger charge is -2.02. The lowest BCUT2D eigenvalue weighted by Crippen LogP contribution is -2.26. The molecule has 14 heavy (non-hydrogen) atoms. The minimum absolute atomic E-state index is 0.258. The molecule has 1 amide bonds. The lowest BCUT2D eigenvalue weighted by molar-refractivity contribution is 0.0953. The molecule has 0 aliphatic heterocycles. The molecule has 0 fully saturated rings. The van der Waals surface area contributed by atoms with E-state index in [4.69, 9.17) is 5.73 Å². The first-order chi connectivity index (χ1) is 6.74. The second-order valence-electron chi connectivity index (χ2n) is 2.77. The van der Waals surface area contributed by atoms with Crippen molar-refractivity contribution in [2.24, 2.45) is 5.73 Å². The zero-order valence-electron chi connectivity index (χ0n) is 7.66. The first kappa shape index (κ1) is 10.6. The van der Waals surface area contributed by atoms with Gasteiger partial charge in [-0.3, -0.25) is 4.79 Å². The standard InChI is InChI=1S/C9H12FN3O/c10-8-3-2-7(6-13-8)9(14)12-5-1-4-11/h2-3,6H,1,4-5,11H2,(H,12,14). The Morgan fingerprint density at radius 3 is 2.93 bits per heavy atom. The molecular weight excluding hydrogens is 185 g/mol. The molecule has 0 bridgehead atoms. The number of hydrogen-bond acceptors (Lipinski definition) is 3. The quantitative estimate of drug-likeness (QED) is 0.538. The minimum atomic E-state index is -0.594. The molecule has 0 aromatic carbocycles. The Bertz CT molecular complexity index is 299. The Morgan fingerprint density at radius 1 is 1.57 bits per heavy atom. The van der Waals surface area contributed by atoms with Crippen molar-refractivity contribution in [3.8, 4) is 0 Å². The summed E-state index contributed by atoms with van der Waals surface area (Å²) >= 11 is 0. The number of hydrogen-bond donors (Lipinski definition) is 2. The van der Waals surface area contributed by atoms with E-state index < -0.39 is 5.95 Å². The highest BCUT2D eigenvalue weighted by Gasteiger charge is 2.04. The van der Waals surface area contributed by atoms with Crippen LogP contribution < -0.4 is 11.1 Å². The van der Waals surface area contributed by atoms with E-state index in [2.05, 4.69) is 10.3 Å². The van der Waals surface area contributed by atoms with Crippen molar-refractivity contribution in [3.05, 3.63) is 29.8 Å². The summed E-state index contributed by atoms with van der Waals surface area (Å²) in [6, 6.07) is 2.54. The van der Waals surface area contributed by atoms with Gasteiger partial charge in [0.25, 0.3) is 5.91 Å². The average Bonchev–Trinajstić information content (AvgIpc) is 2.19. The van der Waals surface area contributed by atoms with Crippen LogP contribution in [0.2, 0.25) is 0 Å². The van der Waals surface area contributed by atoms with Crippen molar-refractivity contribution < 1.29 is 9.18 Å². The monoisotopic (exact) mass is 197 g/mol. The zero-order chi connectivity index (χ0) is 10.4. The smallest absolute Gasteiger partial charge is 0.252 e. The molecule has 4 nitrogen and oxygen atoms in total. The average molecular weight is 197 g/mol. The first-order valence-corrected chi connectivity index (χ1v) is 4.34. The number of carbonyl (C=O) groups is 1. The van der Waals surface area contributed by atoms with Gasteiger partial charge in [0.05, 0.1) is 5.56 Å². The number of halogens is 1. The minimum Gasteiger partial charge on any atom is -0.352 e. The van der Waals surface area contributed by atoms with E-state index in [0.717, 1.165) is 12.5 Å². The fraction of sp³-hybridized carbons (Fsp3) is 0.333. The molecule has 5 heteroatoms. The van der Waals surface area contributed by atoms with Gasteiger partial charge < -0.3 is 11.1 Å². The maximum Gasteiger partial charge on any atom is 0.252 e. The third-order valence-corrected chi connectivity index (χ3v) is 1.66. The first-order valence-electron chi connectivity index (χ1n) is 4.34. The van der Waals surface area contributed by atoms with Crippen LogP contribution in [-0.4, -0.2) is 24.0 Å². The highest BCUT2D eigenvalue weighted by atomic mass is 19.1. The van der Waals surface area contributed by atoms with Crippen LogP contribution in [-0.2, 0) is 0 Å². The van der Waals surface area contributed by atoms with Crippen LogP contribution in [0.4, 0.5) is 4.39 Å². The number of pyridine rings is 1. The Labute approximate surface area is 81.3 Å². The van der Waals surface area contributed by atoms with Crippen LogP contribution in [0, 0.1) is 5.95 Å². The van der Waals surface area contributed by atoms with E-state index in [9.17, 15) is 9.18 Å². The Hall–Kier alpha value is -1.49. The van der Waals surface area contributed by atoms with Gasteiger partial charge in [-0.1, -0.05) is 0 Å². The lowest BCUT2D eigenvalue weighted by atomic mass is 10.2. The second kappa shape index (κ2) is 5.29. The van der Waals surface area contributed by atoms with Crippen LogP contribution in [0.5, 0.6) is 0 Å². The molecule has 0 unspecified atom stereocenters. The van der Waals surface area contributed by atoms with Crippen LogP contribution >= 0.6 is 0 Å². The predicted octanol–water partition coefficient (Wildman–Crippen LogP) is 0.299. The molecule has 1 aromatic rings. The summed E-state index contributed by atoms with van der Waals surface area (Å²) in [5.41, 5.74) is 5.61. The van der Waals surface area contributed by atoms with Gasteiger partial charge in [0.1, 0.15) is 0 Å². The van der Waals surface area contributed by atoms with Gasteiger partial charge >= 0.3 is 0 Å². The van der Waals surface area contributed by atoms with Crippen molar-refractivity contribution in [1.29, 1.82) is 0 Å². The second-order valence-corrected chi connectivity index (χ2v) is 2.77. The highest BCUT2D eigenvalue weighted by molar-refractivity contribution is 5.93. The van der Waals surface area contributed by atoms with Crippen molar-refractivity contribution >= 4 is 5.91 Å². The third-order valence-electron chi connectivity index (χ3n) is 1.66. The molecule has 0 saturated carbocycles. The summed E-state index contributed by atoms with van der Waals surface area (Å²) in [6.45, 7) is 1.05. The van der Waals surface area contributed by atoms with Gasteiger partial charge in [-0.15, -0.1) is 0 Å². The summed E-state index contributed by atoms with van der Waals surface area (Å²) in [4.78, 5) is 14.7. The zero-order valence-corrected chi connectivity index (χ0v) is 7.66. The third kappa shape index (κ3) is 3.10. The molecule has 0 atom stereocenters. The maximum atomic E-state index is 12.4. The maximum absolute atomic E-state index is 12.4. The van der Waals surface area contributed by atoms with E-state index in [1.54, 1.807) is 0 Å². The number of aromatic nitrogens is 1. The van der Waals surface area contributed by atoms with Crippen molar-refractivity contribution in [2.45, 2.75) is 6.42 Å². The topological polar surface area (TPSA) is 68.0 Å². The van der Waals surface area contributed by atoms with Crippen molar-refractivity contribution in [2.75, 3.05) is 13.1 Å². The number of nitrogens with one attached hydrogen (secondary N) is 1. The SMILES string of the molecule is NCCCNC(=O)c1ccc(F)nc1. The van der Waals surface area contributed by atoms with Crippen LogP contribution in [0.15, 0.2) is 18.3 Å². The predicted molar refractivity (Wildman–Crippen MR) is 50.2 cm³/mol. The summed E-state index contributed by atoms with van der Waals surface area (Å²) < 4.78 is 12.4. The van der Waals surface area contributed by atoms with Gasteiger partial charge in [-0.2, -0.15) is 4.39 Å². The summed E-state index contributed by atoms with van der Waals surface area (Å²) in [5.74, 6) is -0.852. The molecule has 0 aliphatic carbocycles. The Kier molecular flexibility index (Phi) is 4.00. The molecule has 0 aliphatic rings. The van der Waals surface area contributed by atoms with Crippen LogP contribution in [0.1, 0.15) is 16.8 Å². The van der Waals surface area contributed by atoms with E-state index in [-0.39, 0.29) is 5.91 Å². The number of amides is 1. The van der Waals surface area contributed by atoms with Gasteiger partial charge in [0, 0.05) is 12.7 Å². The summed E-state index contributed by atoms with van der Waals surface area (Å²) in [6.07, 6.45) is 1.92. The molecule has 3 N–H and O–H groups in total. The van der Waals surface area contributed by atoms with E-state index in [1.807, 2.05) is 0 Å². The highest BCUT2D eigenvalue weighted by Crippen LogP contribution is 1.98. The number of rotatable bonds is 4. The van der Waals surface area contributed by atoms with E-state index in [1.165, 1.54) is 12.3 Å². The molecular formula is C9H12FN3O. The van der Waals surface area contributed by atoms with Gasteiger partial charge in [0.2, 0.25) is 5.95 Å². The number of nitrogens with zero attached hydrogens (tertiary/aromatic N) is 1. The molecule has 0 spiro atoms. The Balaban J connectivity index is 2.48. The normalized spacial score (nSPS) is 9.86. The van der Waals surface area contributed by atoms with Crippen molar-refractivity contribution in [1.82, 2.24) is 10.3 Å². The van der Waals surface area contributed by atoms with Gasteiger partial charge in [-0.25, -0.2) is 4.98 Å². The fourth-order valence-electron chi connectivity index (χ4n) is 0.916. The van der Waals surface area contributed by atoms with Crippen LogP contribution in [0.3, 0.4) is 0 Å². The molecule has 0 radical (unpaired) electrons. The molecule has 1 heterocycles. The number of carbonyl (C=O) groups excluding carboxylic acids is 1. The van der Waals surface area contributed by atoms with Gasteiger partial charge in [-0.05, 0) is 25.1 Å². The molecule has 1 rings (SSSR count). The van der Waals surface area contributed by atoms with Gasteiger partial charge in [0.15, 0.2) is 0 Å². The number of nitrogens with two attached hydrogens (primary N) is 1. The fourth-order valence-corrected chi connectivity index (χ4v) is 0.916. The summed E-state index contributed by atoms with van der Waals surface area (Å²) in [5, 5.41) is 2.64. The van der Waals surface area contributed by atoms with Crippen LogP contribution in [0.25, 0.3) is 0 Å².